The Labute approximate surface area is 95.2 Å². The van der Waals surface area contributed by atoms with Gasteiger partial charge < -0.3 is 4.90 Å². The highest BCUT2D eigenvalue weighted by Gasteiger charge is 2.32. The molecule has 0 spiro atoms. The predicted octanol–water partition coefficient (Wildman–Crippen LogP) is 3.69. The lowest BCUT2D eigenvalue weighted by Gasteiger charge is -2.42. The molecule has 1 aliphatic heterocycles. The van der Waals surface area contributed by atoms with Crippen LogP contribution in [0.15, 0.2) is 0 Å². The maximum absolute atomic E-state index is 2.66. The number of hydrogen-bond acceptors (Lipinski definition) is 1. The van der Waals surface area contributed by atoms with Crippen LogP contribution in [0.4, 0.5) is 0 Å². The zero-order valence-corrected chi connectivity index (χ0v) is 10.5. The van der Waals surface area contributed by atoms with E-state index in [2.05, 4.69) is 18.9 Å². The largest absolute Gasteiger partial charge is 0.303 e. The molecule has 2 unspecified atom stereocenters. The van der Waals surface area contributed by atoms with E-state index in [1.165, 1.54) is 57.9 Å². The Morgan fingerprint density at radius 2 is 1.53 bits per heavy atom. The second-order valence-corrected chi connectivity index (χ2v) is 5.84. The van der Waals surface area contributed by atoms with Crippen molar-refractivity contribution < 1.29 is 0 Å². The monoisotopic (exact) mass is 209 g/mol. The van der Waals surface area contributed by atoms with E-state index in [0.29, 0.717) is 0 Å². The summed E-state index contributed by atoms with van der Waals surface area (Å²) in [5.41, 5.74) is 0. The third kappa shape index (κ3) is 2.75. The maximum Gasteiger partial charge on any atom is 0.0146 e. The predicted molar refractivity (Wildman–Crippen MR) is 66.0 cm³/mol. The third-order valence-electron chi connectivity index (χ3n) is 4.65. The van der Waals surface area contributed by atoms with Gasteiger partial charge in [-0.1, -0.05) is 32.6 Å². The summed E-state index contributed by atoms with van der Waals surface area (Å²) in [6.07, 6.45) is 11.8. The molecule has 2 fully saturated rings. The Kier molecular flexibility index (Phi) is 4.07. The van der Waals surface area contributed by atoms with Gasteiger partial charge in [0.1, 0.15) is 0 Å². The lowest BCUT2D eigenvalue weighted by Crippen LogP contribution is -2.46. The zero-order chi connectivity index (χ0) is 10.7. The molecule has 2 aliphatic rings. The summed E-state index contributed by atoms with van der Waals surface area (Å²) >= 11 is 0. The van der Waals surface area contributed by atoms with Crippen LogP contribution in [0.25, 0.3) is 0 Å². The molecule has 2 atom stereocenters. The van der Waals surface area contributed by atoms with Crippen molar-refractivity contribution in [2.24, 2.45) is 11.8 Å². The minimum absolute atomic E-state index is 0.900. The minimum atomic E-state index is 0.900. The van der Waals surface area contributed by atoms with Gasteiger partial charge in [-0.25, -0.2) is 0 Å². The standard InChI is InChI=1S/C14H27N/c1-12-8-7-11-15(2)14(12)13-9-5-3-4-6-10-13/h12-14H,3-11H2,1-2H3. The number of nitrogens with zero attached hydrogens (tertiary/aromatic N) is 1. The van der Waals surface area contributed by atoms with Gasteiger partial charge in [-0.15, -0.1) is 0 Å². The Hall–Kier alpha value is -0.0400. The van der Waals surface area contributed by atoms with Crippen LogP contribution in [-0.4, -0.2) is 24.5 Å². The summed E-state index contributed by atoms with van der Waals surface area (Å²) < 4.78 is 0. The van der Waals surface area contributed by atoms with Crippen LogP contribution in [-0.2, 0) is 0 Å². The first-order valence-corrected chi connectivity index (χ1v) is 6.99. The molecule has 1 nitrogen and oxygen atoms in total. The first-order valence-electron chi connectivity index (χ1n) is 6.99. The van der Waals surface area contributed by atoms with Gasteiger partial charge in [-0.05, 0) is 51.1 Å². The molecule has 0 aromatic carbocycles. The molecule has 0 radical (unpaired) electrons. The van der Waals surface area contributed by atoms with Crippen molar-refractivity contribution in [2.45, 2.75) is 64.3 Å². The van der Waals surface area contributed by atoms with Crippen LogP contribution in [0.2, 0.25) is 0 Å². The van der Waals surface area contributed by atoms with Crippen molar-refractivity contribution in [1.82, 2.24) is 4.90 Å². The normalized spacial score (nSPS) is 36.4. The summed E-state index contributed by atoms with van der Waals surface area (Å²) in [6, 6.07) is 0.900. The van der Waals surface area contributed by atoms with Crippen LogP contribution < -0.4 is 0 Å². The van der Waals surface area contributed by atoms with E-state index in [-0.39, 0.29) is 0 Å². The molecule has 1 heteroatoms. The highest BCUT2D eigenvalue weighted by Crippen LogP contribution is 2.34. The van der Waals surface area contributed by atoms with Crippen molar-refractivity contribution in [2.75, 3.05) is 13.6 Å². The number of likely N-dealkylation sites (tertiary alicyclic amines) is 1. The second kappa shape index (κ2) is 5.34. The fourth-order valence-corrected chi connectivity index (χ4v) is 3.89. The van der Waals surface area contributed by atoms with Crippen LogP contribution >= 0.6 is 0 Å². The summed E-state index contributed by atoms with van der Waals surface area (Å²) in [5, 5.41) is 0. The van der Waals surface area contributed by atoms with Gasteiger partial charge in [0.2, 0.25) is 0 Å². The molecule has 0 N–H and O–H groups in total. The molecule has 1 saturated heterocycles. The SMILES string of the molecule is CC1CCCN(C)C1C1CCCCCC1. The molecule has 1 heterocycles. The van der Waals surface area contributed by atoms with Crippen molar-refractivity contribution in [3.05, 3.63) is 0 Å². The fraction of sp³-hybridized carbons (Fsp3) is 1.00. The maximum atomic E-state index is 2.66. The minimum Gasteiger partial charge on any atom is -0.303 e. The molecule has 1 saturated carbocycles. The average Bonchev–Trinajstić information content (AvgIpc) is 2.46. The van der Waals surface area contributed by atoms with Crippen molar-refractivity contribution >= 4 is 0 Å². The van der Waals surface area contributed by atoms with Crippen LogP contribution in [0.1, 0.15) is 58.3 Å². The molecular formula is C14H27N. The van der Waals surface area contributed by atoms with E-state index < -0.39 is 0 Å². The van der Waals surface area contributed by atoms with E-state index in [1.54, 1.807) is 0 Å². The molecule has 2 rings (SSSR count). The highest BCUT2D eigenvalue weighted by molar-refractivity contribution is 4.86. The number of piperidine rings is 1. The quantitative estimate of drug-likeness (QED) is 0.595. The lowest BCUT2D eigenvalue weighted by atomic mass is 9.79. The van der Waals surface area contributed by atoms with Crippen molar-refractivity contribution in [3.8, 4) is 0 Å². The summed E-state index contributed by atoms with van der Waals surface area (Å²) in [4.78, 5) is 2.66. The Morgan fingerprint density at radius 3 is 2.13 bits per heavy atom. The fourth-order valence-electron chi connectivity index (χ4n) is 3.89. The Bertz CT molecular complexity index is 172. The molecule has 88 valence electrons. The van der Waals surface area contributed by atoms with Gasteiger partial charge in [0.05, 0.1) is 0 Å². The van der Waals surface area contributed by atoms with Gasteiger partial charge in [0.15, 0.2) is 0 Å². The topological polar surface area (TPSA) is 3.24 Å². The second-order valence-electron chi connectivity index (χ2n) is 5.84. The first kappa shape index (κ1) is 11.4. The van der Waals surface area contributed by atoms with Gasteiger partial charge >= 0.3 is 0 Å². The van der Waals surface area contributed by atoms with Crippen molar-refractivity contribution in [3.63, 3.8) is 0 Å². The molecule has 0 aromatic rings. The van der Waals surface area contributed by atoms with E-state index in [4.69, 9.17) is 0 Å². The molecule has 0 aromatic heterocycles. The average molecular weight is 209 g/mol. The molecule has 1 aliphatic carbocycles. The number of rotatable bonds is 1. The Balaban J connectivity index is 1.98. The zero-order valence-electron chi connectivity index (χ0n) is 10.5. The summed E-state index contributed by atoms with van der Waals surface area (Å²) in [5.74, 6) is 1.94. The summed E-state index contributed by atoms with van der Waals surface area (Å²) in [7, 11) is 2.35. The van der Waals surface area contributed by atoms with Crippen LogP contribution in [0.5, 0.6) is 0 Å². The van der Waals surface area contributed by atoms with E-state index in [9.17, 15) is 0 Å². The first-order chi connectivity index (χ1) is 7.29. The summed E-state index contributed by atoms with van der Waals surface area (Å²) in [6.45, 7) is 3.82. The third-order valence-corrected chi connectivity index (χ3v) is 4.65. The smallest absolute Gasteiger partial charge is 0.0146 e. The Morgan fingerprint density at radius 1 is 0.867 bits per heavy atom. The molecule has 15 heavy (non-hydrogen) atoms. The van der Waals surface area contributed by atoms with E-state index in [0.717, 1.165) is 17.9 Å². The van der Waals surface area contributed by atoms with Crippen LogP contribution in [0.3, 0.4) is 0 Å². The number of hydrogen-bond donors (Lipinski definition) is 0. The molecule has 0 bridgehead atoms. The van der Waals surface area contributed by atoms with E-state index in [1.807, 2.05) is 0 Å². The van der Waals surface area contributed by atoms with Crippen molar-refractivity contribution in [1.29, 1.82) is 0 Å². The van der Waals surface area contributed by atoms with E-state index >= 15 is 0 Å². The van der Waals surface area contributed by atoms with Gasteiger partial charge in [0.25, 0.3) is 0 Å². The lowest BCUT2D eigenvalue weighted by molar-refractivity contribution is 0.0731. The van der Waals surface area contributed by atoms with Gasteiger partial charge in [-0.3, -0.25) is 0 Å². The van der Waals surface area contributed by atoms with Gasteiger partial charge in [0, 0.05) is 6.04 Å². The molecular weight excluding hydrogens is 182 g/mol. The highest BCUT2D eigenvalue weighted by atomic mass is 15.1. The van der Waals surface area contributed by atoms with Crippen LogP contribution in [0, 0.1) is 11.8 Å². The molecule has 0 amide bonds. The van der Waals surface area contributed by atoms with Gasteiger partial charge in [-0.2, -0.15) is 0 Å².